The van der Waals surface area contributed by atoms with E-state index in [0.29, 0.717) is 41.0 Å². The SMILES string of the molecule is COc1ccc(NS(=O)(=O)c2c(C)c(C)cc3c(C)c(C(=O)N4CCCCC4)oc23)cc1Cl. The Hall–Kier alpha value is -2.71. The number of rotatable bonds is 5. The lowest BCUT2D eigenvalue weighted by Crippen LogP contribution is -2.35. The number of ether oxygens (including phenoxy) is 1. The van der Waals surface area contributed by atoms with Crippen LogP contribution in [0.15, 0.2) is 33.6 Å². The molecule has 176 valence electrons. The van der Waals surface area contributed by atoms with E-state index in [1.807, 2.05) is 13.0 Å². The first-order valence-electron chi connectivity index (χ1n) is 10.8. The van der Waals surface area contributed by atoms with E-state index in [4.69, 9.17) is 20.8 Å². The maximum Gasteiger partial charge on any atom is 0.289 e. The lowest BCUT2D eigenvalue weighted by molar-refractivity contribution is 0.0693. The number of aryl methyl sites for hydroxylation is 2. The number of hydrogen-bond acceptors (Lipinski definition) is 5. The number of amides is 1. The Labute approximate surface area is 198 Å². The lowest BCUT2D eigenvalue weighted by Gasteiger charge is -2.25. The molecular weight excluding hydrogens is 464 g/mol. The summed E-state index contributed by atoms with van der Waals surface area (Å²) in [5.41, 5.74) is 2.47. The fraction of sp³-hybridized carbons (Fsp3) is 0.375. The van der Waals surface area contributed by atoms with Crippen LogP contribution >= 0.6 is 11.6 Å². The minimum Gasteiger partial charge on any atom is -0.495 e. The molecule has 0 unspecified atom stereocenters. The minimum absolute atomic E-state index is 0.0187. The van der Waals surface area contributed by atoms with Crippen molar-refractivity contribution in [3.05, 3.63) is 51.7 Å². The normalized spacial score (nSPS) is 14.5. The fourth-order valence-corrected chi connectivity index (χ4v) is 6.00. The zero-order valence-electron chi connectivity index (χ0n) is 19.1. The molecule has 1 fully saturated rings. The molecule has 2 heterocycles. The second-order valence-electron chi connectivity index (χ2n) is 8.39. The molecule has 9 heteroatoms. The van der Waals surface area contributed by atoms with E-state index in [-0.39, 0.29) is 27.2 Å². The number of piperidine rings is 1. The van der Waals surface area contributed by atoms with E-state index < -0.39 is 10.0 Å². The van der Waals surface area contributed by atoms with Gasteiger partial charge in [-0.25, -0.2) is 8.42 Å². The van der Waals surface area contributed by atoms with Gasteiger partial charge in [-0.05, 0) is 75.4 Å². The molecule has 0 aliphatic carbocycles. The molecular formula is C24H27ClN2O5S. The molecule has 7 nitrogen and oxygen atoms in total. The molecule has 2 aromatic carbocycles. The number of hydrogen-bond donors (Lipinski definition) is 1. The highest BCUT2D eigenvalue weighted by molar-refractivity contribution is 7.93. The summed E-state index contributed by atoms with van der Waals surface area (Å²) in [7, 11) is -2.57. The second-order valence-corrected chi connectivity index (χ2v) is 10.4. The van der Waals surface area contributed by atoms with Crippen molar-refractivity contribution >= 4 is 44.2 Å². The number of carbonyl (C=O) groups is 1. The molecule has 1 N–H and O–H groups in total. The summed E-state index contributed by atoms with van der Waals surface area (Å²) in [5.74, 6) is 0.439. The number of carbonyl (C=O) groups excluding carboxylic acids is 1. The zero-order chi connectivity index (χ0) is 23.9. The molecule has 33 heavy (non-hydrogen) atoms. The predicted octanol–water partition coefficient (Wildman–Crippen LogP) is 5.45. The molecule has 1 amide bonds. The van der Waals surface area contributed by atoms with Crippen LogP contribution in [0, 0.1) is 20.8 Å². The largest absolute Gasteiger partial charge is 0.495 e. The van der Waals surface area contributed by atoms with Crippen molar-refractivity contribution in [3.63, 3.8) is 0 Å². The number of furan rings is 1. The summed E-state index contributed by atoms with van der Waals surface area (Å²) >= 11 is 6.17. The molecule has 0 spiro atoms. The van der Waals surface area contributed by atoms with E-state index in [0.717, 1.165) is 24.8 Å². The number of sulfonamides is 1. The standard InChI is InChI=1S/C24H27ClN2O5S/c1-14-12-18-16(3)21(24(28)27-10-6-5-7-11-27)32-22(18)23(15(14)2)33(29,30)26-17-8-9-20(31-4)19(25)13-17/h8-9,12-13,26H,5-7,10-11H2,1-4H3. The Kier molecular flexibility index (Phi) is 6.33. The molecule has 0 atom stereocenters. The van der Waals surface area contributed by atoms with Crippen molar-refractivity contribution in [1.82, 2.24) is 4.90 Å². The van der Waals surface area contributed by atoms with Gasteiger partial charge in [-0.1, -0.05) is 11.6 Å². The third-order valence-electron chi connectivity index (χ3n) is 6.20. The van der Waals surface area contributed by atoms with Crippen LogP contribution in [0.25, 0.3) is 11.0 Å². The second kappa shape index (κ2) is 8.91. The van der Waals surface area contributed by atoms with Crippen molar-refractivity contribution in [2.45, 2.75) is 44.9 Å². The summed E-state index contributed by atoms with van der Waals surface area (Å²) in [6.07, 6.45) is 3.01. The van der Waals surface area contributed by atoms with Gasteiger partial charge in [0.05, 0.1) is 17.8 Å². The first-order valence-corrected chi connectivity index (χ1v) is 12.7. The average Bonchev–Trinajstić information content (AvgIpc) is 3.09. The minimum atomic E-state index is -4.05. The van der Waals surface area contributed by atoms with Gasteiger partial charge in [-0.2, -0.15) is 0 Å². The Bertz CT molecular complexity index is 1340. The third-order valence-corrected chi connectivity index (χ3v) is 8.03. The highest BCUT2D eigenvalue weighted by atomic mass is 35.5. The summed E-state index contributed by atoms with van der Waals surface area (Å²) in [5, 5.41) is 0.902. The van der Waals surface area contributed by atoms with Gasteiger partial charge in [0.25, 0.3) is 15.9 Å². The fourth-order valence-electron chi connectivity index (χ4n) is 4.25. The number of nitrogens with zero attached hydrogens (tertiary/aromatic N) is 1. The summed E-state index contributed by atoms with van der Waals surface area (Å²) in [4.78, 5) is 14.9. The quantitative estimate of drug-likeness (QED) is 0.514. The van der Waals surface area contributed by atoms with Crippen molar-refractivity contribution in [2.24, 2.45) is 0 Å². The molecule has 1 aliphatic heterocycles. The van der Waals surface area contributed by atoms with Gasteiger partial charge in [0.15, 0.2) is 11.3 Å². The van der Waals surface area contributed by atoms with Gasteiger partial charge in [-0.15, -0.1) is 0 Å². The Morgan fingerprint density at radius 3 is 2.42 bits per heavy atom. The van der Waals surface area contributed by atoms with Crippen LogP contribution in [0.2, 0.25) is 5.02 Å². The van der Waals surface area contributed by atoms with E-state index in [1.54, 1.807) is 30.9 Å². The summed E-state index contributed by atoms with van der Waals surface area (Å²) < 4.78 is 40.7. The summed E-state index contributed by atoms with van der Waals surface area (Å²) in [6, 6.07) is 6.52. The Morgan fingerprint density at radius 1 is 1.09 bits per heavy atom. The topological polar surface area (TPSA) is 88.8 Å². The van der Waals surface area contributed by atoms with Crippen molar-refractivity contribution in [2.75, 3.05) is 24.9 Å². The van der Waals surface area contributed by atoms with Crippen LogP contribution in [0.1, 0.15) is 46.5 Å². The van der Waals surface area contributed by atoms with E-state index in [9.17, 15) is 13.2 Å². The molecule has 1 aliphatic rings. The summed E-state index contributed by atoms with van der Waals surface area (Å²) in [6.45, 7) is 6.73. The number of anilines is 1. The van der Waals surface area contributed by atoms with Crippen LogP contribution in [0.4, 0.5) is 5.69 Å². The van der Waals surface area contributed by atoms with Crippen LogP contribution in [-0.2, 0) is 10.0 Å². The number of likely N-dealkylation sites (tertiary alicyclic amines) is 1. The highest BCUT2D eigenvalue weighted by Gasteiger charge is 2.30. The van der Waals surface area contributed by atoms with Crippen molar-refractivity contribution < 1.29 is 22.4 Å². The molecule has 0 radical (unpaired) electrons. The van der Waals surface area contributed by atoms with Crippen LogP contribution < -0.4 is 9.46 Å². The number of fused-ring (bicyclic) bond motifs is 1. The van der Waals surface area contributed by atoms with E-state index in [1.165, 1.54) is 13.2 Å². The molecule has 3 aromatic rings. The Morgan fingerprint density at radius 2 is 1.79 bits per heavy atom. The molecule has 4 rings (SSSR count). The third kappa shape index (κ3) is 4.29. The lowest BCUT2D eigenvalue weighted by atomic mass is 10.0. The average molecular weight is 491 g/mol. The van der Waals surface area contributed by atoms with E-state index in [2.05, 4.69) is 4.72 Å². The Balaban J connectivity index is 1.81. The number of methoxy groups -OCH3 is 1. The van der Waals surface area contributed by atoms with Crippen LogP contribution in [0.3, 0.4) is 0 Å². The number of benzene rings is 2. The zero-order valence-corrected chi connectivity index (χ0v) is 20.7. The number of nitrogens with one attached hydrogen (secondary N) is 1. The van der Waals surface area contributed by atoms with Crippen LogP contribution in [-0.4, -0.2) is 39.4 Å². The van der Waals surface area contributed by atoms with Gasteiger partial charge in [0, 0.05) is 24.0 Å². The maximum atomic E-state index is 13.5. The molecule has 1 aromatic heterocycles. The monoisotopic (exact) mass is 490 g/mol. The van der Waals surface area contributed by atoms with E-state index >= 15 is 0 Å². The first-order chi connectivity index (χ1) is 15.6. The number of halogens is 1. The van der Waals surface area contributed by atoms with Gasteiger partial charge < -0.3 is 14.1 Å². The molecule has 1 saturated heterocycles. The smallest absolute Gasteiger partial charge is 0.289 e. The van der Waals surface area contributed by atoms with Gasteiger partial charge in [0.2, 0.25) is 0 Å². The molecule has 0 bridgehead atoms. The van der Waals surface area contributed by atoms with Crippen molar-refractivity contribution in [3.8, 4) is 5.75 Å². The highest BCUT2D eigenvalue weighted by Crippen LogP contribution is 2.37. The van der Waals surface area contributed by atoms with Gasteiger partial charge in [0.1, 0.15) is 10.6 Å². The van der Waals surface area contributed by atoms with Crippen LogP contribution in [0.5, 0.6) is 5.75 Å². The van der Waals surface area contributed by atoms with Gasteiger partial charge in [-0.3, -0.25) is 9.52 Å². The van der Waals surface area contributed by atoms with Crippen molar-refractivity contribution in [1.29, 1.82) is 0 Å². The van der Waals surface area contributed by atoms with Gasteiger partial charge >= 0.3 is 0 Å². The maximum absolute atomic E-state index is 13.5. The predicted molar refractivity (Wildman–Crippen MR) is 129 cm³/mol. The molecule has 0 saturated carbocycles. The first kappa shape index (κ1) is 23.4.